The highest BCUT2D eigenvalue weighted by Gasteiger charge is 2.14. The molecule has 0 heterocycles. The van der Waals surface area contributed by atoms with Crippen LogP contribution in [0.15, 0.2) is 75.2 Å². The summed E-state index contributed by atoms with van der Waals surface area (Å²) >= 11 is 12.7. The standard InChI is InChI=1S/C25H18Br2ClN3O3/c1-15-4-2-3-5-22(15)31-25(33)17(13-29)10-16-11-20(26)24(21(27)12-16)34-14-23(32)30-19-8-6-18(28)7-9-19/h2-12H,14H2,1H3,(H,30,32)(H,31,33)/b17-10+. The third kappa shape index (κ3) is 6.94. The van der Waals surface area contributed by atoms with Crippen LogP contribution in [0.5, 0.6) is 5.75 Å². The number of nitrogens with one attached hydrogen (secondary N) is 2. The molecule has 0 aliphatic rings. The lowest BCUT2D eigenvalue weighted by molar-refractivity contribution is -0.118. The largest absolute Gasteiger partial charge is 0.481 e. The van der Waals surface area contributed by atoms with Gasteiger partial charge in [0, 0.05) is 16.4 Å². The zero-order valence-corrected chi connectivity index (χ0v) is 21.8. The molecular weight excluding hydrogens is 586 g/mol. The number of halogens is 3. The Hall–Kier alpha value is -3.12. The van der Waals surface area contributed by atoms with Crippen molar-refractivity contribution in [2.24, 2.45) is 0 Å². The second kappa shape index (κ2) is 11.8. The number of carbonyl (C=O) groups excluding carboxylic acids is 2. The van der Waals surface area contributed by atoms with Crippen molar-refractivity contribution in [1.82, 2.24) is 0 Å². The molecule has 3 aromatic carbocycles. The Morgan fingerprint density at radius 1 is 1.06 bits per heavy atom. The van der Waals surface area contributed by atoms with E-state index in [4.69, 9.17) is 16.3 Å². The summed E-state index contributed by atoms with van der Waals surface area (Å²) in [7, 11) is 0. The lowest BCUT2D eigenvalue weighted by Crippen LogP contribution is -2.20. The Kier molecular flexibility index (Phi) is 8.88. The molecule has 9 heteroatoms. The van der Waals surface area contributed by atoms with Crippen molar-refractivity contribution in [3.05, 3.63) is 91.3 Å². The summed E-state index contributed by atoms with van der Waals surface area (Å²) in [5, 5.41) is 15.5. The Labute approximate surface area is 218 Å². The van der Waals surface area contributed by atoms with Gasteiger partial charge in [0.1, 0.15) is 17.4 Å². The van der Waals surface area contributed by atoms with Crippen molar-refractivity contribution in [3.8, 4) is 11.8 Å². The van der Waals surface area contributed by atoms with Gasteiger partial charge in [0.25, 0.3) is 11.8 Å². The van der Waals surface area contributed by atoms with Gasteiger partial charge in [0.15, 0.2) is 6.61 Å². The summed E-state index contributed by atoms with van der Waals surface area (Å²) in [6.07, 6.45) is 1.47. The van der Waals surface area contributed by atoms with Crippen molar-refractivity contribution < 1.29 is 14.3 Å². The first kappa shape index (κ1) is 25.5. The number of anilines is 2. The van der Waals surface area contributed by atoms with Crippen molar-refractivity contribution in [2.45, 2.75) is 6.92 Å². The SMILES string of the molecule is Cc1ccccc1NC(=O)/C(C#N)=C/c1cc(Br)c(OCC(=O)Nc2ccc(Cl)cc2)c(Br)c1. The Morgan fingerprint density at radius 2 is 1.71 bits per heavy atom. The fourth-order valence-corrected chi connectivity index (χ4v) is 4.46. The van der Waals surface area contributed by atoms with E-state index in [0.717, 1.165) is 5.56 Å². The minimum absolute atomic E-state index is 0.0573. The number of aryl methyl sites for hydroxylation is 1. The van der Waals surface area contributed by atoms with Crippen LogP contribution >= 0.6 is 43.5 Å². The highest BCUT2D eigenvalue weighted by molar-refractivity contribution is 9.11. The van der Waals surface area contributed by atoms with Gasteiger partial charge >= 0.3 is 0 Å². The predicted molar refractivity (Wildman–Crippen MR) is 141 cm³/mol. The van der Waals surface area contributed by atoms with E-state index in [2.05, 4.69) is 42.5 Å². The van der Waals surface area contributed by atoms with Gasteiger partial charge < -0.3 is 15.4 Å². The van der Waals surface area contributed by atoms with E-state index in [1.807, 2.05) is 25.1 Å². The van der Waals surface area contributed by atoms with Gasteiger partial charge in [-0.3, -0.25) is 9.59 Å². The molecule has 34 heavy (non-hydrogen) atoms. The van der Waals surface area contributed by atoms with E-state index >= 15 is 0 Å². The first-order valence-corrected chi connectivity index (χ1v) is 11.9. The second-order valence-electron chi connectivity index (χ2n) is 7.10. The molecule has 0 spiro atoms. The molecule has 172 valence electrons. The fourth-order valence-electron chi connectivity index (χ4n) is 2.89. The molecule has 0 atom stereocenters. The number of nitriles is 1. The minimum atomic E-state index is -0.511. The summed E-state index contributed by atoms with van der Waals surface area (Å²) in [6, 6.07) is 19.4. The summed E-state index contributed by atoms with van der Waals surface area (Å²) in [5.41, 5.74) is 2.66. The first-order valence-electron chi connectivity index (χ1n) is 9.93. The summed E-state index contributed by atoms with van der Waals surface area (Å²) < 4.78 is 6.75. The molecule has 0 aliphatic carbocycles. The van der Waals surface area contributed by atoms with E-state index in [1.165, 1.54) is 6.08 Å². The van der Waals surface area contributed by atoms with Crippen LogP contribution in [0.4, 0.5) is 11.4 Å². The molecule has 3 rings (SSSR count). The minimum Gasteiger partial charge on any atom is -0.481 e. The number of para-hydroxylation sites is 1. The number of hydrogen-bond acceptors (Lipinski definition) is 4. The third-order valence-electron chi connectivity index (χ3n) is 4.57. The molecule has 0 unspecified atom stereocenters. The van der Waals surface area contributed by atoms with Crippen LogP contribution in [0.2, 0.25) is 5.02 Å². The zero-order valence-electron chi connectivity index (χ0n) is 17.9. The summed E-state index contributed by atoms with van der Waals surface area (Å²) in [6.45, 7) is 1.64. The molecule has 3 aromatic rings. The number of amides is 2. The highest BCUT2D eigenvalue weighted by atomic mass is 79.9. The number of nitrogens with zero attached hydrogens (tertiary/aromatic N) is 1. The molecule has 0 saturated carbocycles. The maximum absolute atomic E-state index is 12.6. The van der Waals surface area contributed by atoms with Gasteiger partial charge in [-0.2, -0.15) is 5.26 Å². The van der Waals surface area contributed by atoms with E-state index < -0.39 is 5.91 Å². The normalized spacial score (nSPS) is 10.9. The van der Waals surface area contributed by atoms with Gasteiger partial charge in [-0.1, -0.05) is 29.8 Å². The van der Waals surface area contributed by atoms with Crippen LogP contribution in [0.1, 0.15) is 11.1 Å². The van der Waals surface area contributed by atoms with Gasteiger partial charge in [0.05, 0.1) is 8.95 Å². The number of carbonyl (C=O) groups is 2. The smallest absolute Gasteiger partial charge is 0.266 e. The Morgan fingerprint density at radius 3 is 2.32 bits per heavy atom. The molecule has 0 aromatic heterocycles. The van der Waals surface area contributed by atoms with Crippen LogP contribution in [0.3, 0.4) is 0 Å². The maximum atomic E-state index is 12.6. The van der Waals surface area contributed by atoms with Gasteiger partial charge in [0.2, 0.25) is 0 Å². The molecule has 0 saturated heterocycles. The number of rotatable bonds is 7. The molecule has 2 amide bonds. The van der Waals surface area contributed by atoms with E-state index in [-0.39, 0.29) is 18.1 Å². The van der Waals surface area contributed by atoms with Gasteiger partial charge in [-0.15, -0.1) is 0 Å². The van der Waals surface area contributed by atoms with Crippen LogP contribution in [0, 0.1) is 18.3 Å². The summed E-state index contributed by atoms with van der Waals surface area (Å²) in [4.78, 5) is 24.8. The molecule has 0 aliphatic heterocycles. The van der Waals surface area contributed by atoms with Crippen LogP contribution < -0.4 is 15.4 Å². The molecule has 6 nitrogen and oxygen atoms in total. The van der Waals surface area contributed by atoms with Crippen LogP contribution in [0.25, 0.3) is 6.08 Å². The van der Waals surface area contributed by atoms with Gasteiger partial charge in [-0.05, 0) is 98.5 Å². The van der Waals surface area contributed by atoms with E-state index in [9.17, 15) is 14.9 Å². The Balaban J connectivity index is 1.69. The third-order valence-corrected chi connectivity index (χ3v) is 6.00. The van der Waals surface area contributed by atoms with E-state index in [1.54, 1.807) is 48.5 Å². The number of benzene rings is 3. The van der Waals surface area contributed by atoms with Crippen LogP contribution in [-0.2, 0) is 9.59 Å². The van der Waals surface area contributed by atoms with Crippen LogP contribution in [-0.4, -0.2) is 18.4 Å². The lowest BCUT2D eigenvalue weighted by atomic mass is 10.1. The van der Waals surface area contributed by atoms with Crippen molar-refractivity contribution in [1.29, 1.82) is 5.26 Å². The number of hydrogen-bond donors (Lipinski definition) is 2. The molecule has 2 N–H and O–H groups in total. The van der Waals surface area contributed by atoms with Crippen molar-refractivity contribution in [3.63, 3.8) is 0 Å². The average Bonchev–Trinajstić information content (AvgIpc) is 2.80. The molecule has 0 radical (unpaired) electrons. The average molecular weight is 604 g/mol. The highest BCUT2D eigenvalue weighted by Crippen LogP contribution is 2.35. The lowest BCUT2D eigenvalue weighted by Gasteiger charge is -2.12. The Bertz CT molecular complexity index is 1280. The van der Waals surface area contributed by atoms with Crippen molar-refractivity contribution in [2.75, 3.05) is 17.2 Å². The molecule has 0 bridgehead atoms. The quantitative estimate of drug-likeness (QED) is 0.231. The molecular formula is C25H18Br2ClN3O3. The molecule has 0 fully saturated rings. The van der Waals surface area contributed by atoms with Gasteiger partial charge in [-0.25, -0.2) is 0 Å². The zero-order chi connectivity index (χ0) is 24.7. The monoisotopic (exact) mass is 601 g/mol. The van der Waals surface area contributed by atoms with Crippen molar-refractivity contribution >= 4 is 72.7 Å². The topological polar surface area (TPSA) is 91.2 Å². The summed E-state index contributed by atoms with van der Waals surface area (Å²) in [5.74, 6) is -0.445. The fraction of sp³-hybridized carbons (Fsp3) is 0.0800. The maximum Gasteiger partial charge on any atom is 0.266 e. The first-order chi connectivity index (χ1) is 16.3. The van der Waals surface area contributed by atoms with E-state index in [0.29, 0.717) is 36.7 Å². The second-order valence-corrected chi connectivity index (χ2v) is 9.24. The predicted octanol–water partition coefficient (Wildman–Crippen LogP) is 6.74. The number of ether oxygens (including phenoxy) is 1.